The Morgan fingerprint density at radius 3 is 2.56 bits per heavy atom. The highest BCUT2D eigenvalue weighted by atomic mass is 16.6. The molecule has 1 aliphatic carbocycles. The molecule has 0 bridgehead atoms. The monoisotopic (exact) mass is 341 g/mol. The Balaban J connectivity index is 1.59. The predicted octanol–water partition coefficient (Wildman–Crippen LogP) is 3.89. The topological polar surface area (TPSA) is 97.7 Å². The van der Waals surface area contributed by atoms with Gasteiger partial charge in [-0.1, -0.05) is 19.3 Å². The SMILES string of the molecule is O=C(N/N=C\c1ccc(-c2ccc([N+](=O)[O-])cc2)o1)C1CCCCC1. The number of furan rings is 1. The number of nitrogens with one attached hydrogen (secondary N) is 1. The van der Waals surface area contributed by atoms with E-state index in [0.717, 1.165) is 31.2 Å². The first kappa shape index (κ1) is 16.9. The van der Waals surface area contributed by atoms with Gasteiger partial charge in [-0.05, 0) is 37.1 Å². The number of hydrogen-bond acceptors (Lipinski definition) is 5. The molecule has 130 valence electrons. The lowest BCUT2D eigenvalue weighted by molar-refractivity contribution is -0.384. The van der Waals surface area contributed by atoms with Crippen LogP contribution in [0.25, 0.3) is 11.3 Å². The van der Waals surface area contributed by atoms with Crippen molar-refractivity contribution in [3.8, 4) is 11.3 Å². The van der Waals surface area contributed by atoms with E-state index in [9.17, 15) is 14.9 Å². The zero-order chi connectivity index (χ0) is 17.6. The van der Waals surface area contributed by atoms with Crippen LogP contribution in [-0.2, 0) is 4.79 Å². The number of carbonyl (C=O) groups is 1. The van der Waals surface area contributed by atoms with Crippen molar-refractivity contribution >= 4 is 17.8 Å². The summed E-state index contributed by atoms with van der Waals surface area (Å²) in [6.07, 6.45) is 6.69. The minimum atomic E-state index is -0.445. The van der Waals surface area contributed by atoms with Gasteiger partial charge >= 0.3 is 0 Å². The molecule has 0 aliphatic heterocycles. The van der Waals surface area contributed by atoms with Crippen LogP contribution in [0.1, 0.15) is 37.9 Å². The standard InChI is InChI=1S/C18H19N3O4/c22-18(14-4-2-1-3-5-14)20-19-12-16-10-11-17(25-16)13-6-8-15(9-7-13)21(23)24/h6-12,14H,1-5H2,(H,20,22)/b19-12-. The van der Waals surface area contributed by atoms with Gasteiger partial charge in [-0.3, -0.25) is 14.9 Å². The maximum atomic E-state index is 12.0. The smallest absolute Gasteiger partial charge is 0.269 e. The van der Waals surface area contributed by atoms with Crippen LogP contribution in [0.15, 0.2) is 45.9 Å². The molecule has 0 atom stereocenters. The number of benzene rings is 1. The molecule has 3 rings (SSSR count). The second-order valence-corrected chi connectivity index (χ2v) is 6.08. The van der Waals surface area contributed by atoms with Gasteiger partial charge in [0.2, 0.25) is 5.91 Å². The summed E-state index contributed by atoms with van der Waals surface area (Å²) in [7, 11) is 0. The van der Waals surface area contributed by atoms with Gasteiger partial charge in [0, 0.05) is 23.6 Å². The summed E-state index contributed by atoms with van der Waals surface area (Å²) in [6, 6.07) is 9.59. The van der Waals surface area contributed by atoms with Gasteiger partial charge in [-0.2, -0.15) is 5.10 Å². The van der Waals surface area contributed by atoms with Crippen molar-refractivity contribution in [3.05, 3.63) is 52.3 Å². The molecule has 0 saturated heterocycles. The van der Waals surface area contributed by atoms with Gasteiger partial charge < -0.3 is 4.42 Å². The van der Waals surface area contributed by atoms with Gasteiger partial charge in [0.25, 0.3) is 5.69 Å². The third kappa shape index (κ3) is 4.32. The highest BCUT2D eigenvalue weighted by Crippen LogP contribution is 2.25. The second-order valence-electron chi connectivity index (χ2n) is 6.08. The first-order valence-electron chi connectivity index (χ1n) is 8.31. The Bertz CT molecular complexity index is 774. The van der Waals surface area contributed by atoms with E-state index in [0.29, 0.717) is 11.5 Å². The lowest BCUT2D eigenvalue weighted by Gasteiger charge is -2.19. The minimum absolute atomic E-state index is 0.0301. The largest absolute Gasteiger partial charge is 0.455 e. The fourth-order valence-electron chi connectivity index (χ4n) is 2.94. The van der Waals surface area contributed by atoms with Crippen LogP contribution < -0.4 is 5.43 Å². The van der Waals surface area contributed by atoms with Crippen LogP contribution in [0.4, 0.5) is 5.69 Å². The molecule has 2 aromatic rings. The van der Waals surface area contributed by atoms with Gasteiger partial charge in [0.15, 0.2) is 0 Å². The number of hydrazone groups is 1. The van der Waals surface area contributed by atoms with E-state index in [4.69, 9.17) is 4.42 Å². The van der Waals surface area contributed by atoms with Gasteiger partial charge in [0.05, 0.1) is 11.1 Å². The number of non-ortho nitro benzene ring substituents is 1. The van der Waals surface area contributed by atoms with Crippen molar-refractivity contribution in [1.29, 1.82) is 0 Å². The quantitative estimate of drug-likeness (QED) is 0.507. The summed E-state index contributed by atoms with van der Waals surface area (Å²) in [6.45, 7) is 0. The molecule has 25 heavy (non-hydrogen) atoms. The zero-order valence-electron chi connectivity index (χ0n) is 13.7. The molecule has 1 fully saturated rings. The highest BCUT2D eigenvalue weighted by Gasteiger charge is 2.20. The van der Waals surface area contributed by atoms with Crippen molar-refractivity contribution in [2.24, 2.45) is 11.0 Å². The van der Waals surface area contributed by atoms with Crippen molar-refractivity contribution in [2.45, 2.75) is 32.1 Å². The van der Waals surface area contributed by atoms with Crippen LogP contribution in [0, 0.1) is 16.0 Å². The summed E-state index contributed by atoms with van der Waals surface area (Å²) in [5.74, 6) is 1.09. The molecule has 7 heteroatoms. The summed E-state index contributed by atoms with van der Waals surface area (Å²) >= 11 is 0. The molecule has 1 N–H and O–H groups in total. The van der Waals surface area contributed by atoms with Crippen LogP contribution in [0.2, 0.25) is 0 Å². The molecule has 0 unspecified atom stereocenters. The molecular formula is C18H19N3O4. The van der Waals surface area contributed by atoms with Gasteiger partial charge in [-0.25, -0.2) is 5.43 Å². The average Bonchev–Trinajstić information content (AvgIpc) is 3.11. The van der Waals surface area contributed by atoms with Crippen molar-refractivity contribution in [2.75, 3.05) is 0 Å². The summed E-state index contributed by atoms with van der Waals surface area (Å²) in [5.41, 5.74) is 3.33. The summed E-state index contributed by atoms with van der Waals surface area (Å²) in [5, 5.41) is 14.6. The number of amides is 1. The molecular weight excluding hydrogens is 322 g/mol. The van der Waals surface area contributed by atoms with Crippen LogP contribution in [0.3, 0.4) is 0 Å². The van der Waals surface area contributed by atoms with Crippen LogP contribution in [-0.4, -0.2) is 17.0 Å². The van der Waals surface area contributed by atoms with Gasteiger partial charge in [0.1, 0.15) is 11.5 Å². The molecule has 1 saturated carbocycles. The Morgan fingerprint density at radius 2 is 1.88 bits per heavy atom. The van der Waals surface area contributed by atoms with Crippen LogP contribution in [0.5, 0.6) is 0 Å². The van der Waals surface area contributed by atoms with Crippen LogP contribution >= 0.6 is 0 Å². The Labute approximate surface area is 144 Å². The van der Waals surface area contributed by atoms with E-state index in [1.165, 1.54) is 24.8 Å². The number of carbonyl (C=O) groups excluding carboxylic acids is 1. The summed E-state index contributed by atoms with van der Waals surface area (Å²) < 4.78 is 5.63. The molecule has 1 amide bonds. The fourth-order valence-corrected chi connectivity index (χ4v) is 2.94. The average molecular weight is 341 g/mol. The fraction of sp³-hybridized carbons (Fsp3) is 0.333. The number of nitro benzene ring substituents is 1. The predicted molar refractivity (Wildman–Crippen MR) is 93.1 cm³/mol. The molecule has 0 spiro atoms. The first-order chi connectivity index (χ1) is 12.1. The third-order valence-corrected chi connectivity index (χ3v) is 4.33. The molecule has 1 aromatic heterocycles. The molecule has 1 aromatic carbocycles. The number of hydrogen-bond donors (Lipinski definition) is 1. The molecule has 1 heterocycles. The van der Waals surface area contributed by atoms with Gasteiger partial charge in [-0.15, -0.1) is 0 Å². The lowest BCUT2D eigenvalue weighted by atomic mass is 9.89. The molecule has 7 nitrogen and oxygen atoms in total. The zero-order valence-corrected chi connectivity index (χ0v) is 13.7. The number of nitro groups is 1. The third-order valence-electron chi connectivity index (χ3n) is 4.33. The molecule has 1 aliphatic rings. The van der Waals surface area contributed by atoms with E-state index in [1.807, 2.05) is 0 Å². The van der Waals surface area contributed by atoms with Crippen molar-refractivity contribution in [3.63, 3.8) is 0 Å². The Kier molecular flexibility index (Phi) is 5.23. The van der Waals surface area contributed by atoms with E-state index in [1.54, 1.807) is 24.3 Å². The summed E-state index contributed by atoms with van der Waals surface area (Å²) in [4.78, 5) is 22.2. The van der Waals surface area contributed by atoms with E-state index >= 15 is 0 Å². The maximum absolute atomic E-state index is 12.0. The Morgan fingerprint density at radius 1 is 1.16 bits per heavy atom. The normalized spacial score (nSPS) is 15.4. The van der Waals surface area contributed by atoms with E-state index < -0.39 is 4.92 Å². The van der Waals surface area contributed by atoms with E-state index in [-0.39, 0.29) is 17.5 Å². The highest BCUT2D eigenvalue weighted by molar-refractivity contribution is 5.82. The second kappa shape index (κ2) is 7.74. The number of nitrogens with zero attached hydrogens (tertiary/aromatic N) is 2. The minimum Gasteiger partial charge on any atom is -0.455 e. The molecule has 0 radical (unpaired) electrons. The number of rotatable bonds is 5. The maximum Gasteiger partial charge on any atom is 0.269 e. The lowest BCUT2D eigenvalue weighted by Crippen LogP contribution is -2.28. The first-order valence-corrected chi connectivity index (χ1v) is 8.31. The van der Waals surface area contributed by atoms with Crippen molar-refractivity contribution in [1.82, 2.24) is 5.43 Å². The Hall–Kier alpha value is -2.96. The van der Waals surface area contributed by atoms with Crippen molar-refractivity contribution < 1.29 is 14.1 Å². The van der Waals surface area contributed by atoms with E-state index in [2.05, 4.69) is 10.5 Å².